The molecule has 5 aromatic rings. The molecule has 0 unspecified atom stereocenters. The average molecular weight is 454 g/mol. The van der Waals surface area contributed by atoms with Crippen molar-refractivity contribution in [1.29, 1.82) is 0 Å². The van der Waals surface area contributed by atoms with Crippen molar-refractivity contribution in [3.05, 3.63) is 60.8 Å². The van der Waals surface area contributed by atoms with Crippen molar-refractivity contribution in [1.82, 2.24) is 29.7 Å². The van der Waals surface area contributed by atoms with Gasteiger partial charge in [0.15, 0.2) is 5.82 Å². The SMILES string of the molecule is c1ccc2c(-n3c(C4COC4)nc4c(-c5nnc[nH]5)cc(N5CCOCC5)cc43)ccnc2c1. The van der Waals surface area contributed by atoms with Gasteiger partial charge in [-0.3, -0.25) is 9.55 Å². The third-order valence-electron chi connectivity index (χ3n) is 6.69. The smallest absolute Gasteiger partial charge is 0.163 e. The van der Waals surface area contributed by atoms with E-state index in [2.05, 4.69) is 60.0 Å². The summed E-state index contributed by atoms with van der Waals surface area (Å²) in [6, 6.07) is 14.7. The maximum absolute atomic E-state index is 5.60. The number of pyridine rings is 1. The number of anilines is 1. The van der Waals surface area contributed by atoms with E-state index >= 15 is 0 Å². The molecule has 7 rings (SSSR count). The molecule has 0 atom stereocenters. The summed E-state index contributed by atoms with van der Waals surface area (Å²) in [5.74, 6) is 1.94. The number of fused-ring (bicyclic) bond motifs is 2. The number of H-pyrrole nitrogens is 1. The highest BCUT2D eigenvalue weighted by Gasteiger charge is 2.30. The van der Waals surface area contributed by atoms with Gasteiger partial charge in [0.2, 0.25) is 0 Å². The van der Waals surface area contributed by atoms with E-state index in [-0.39, 0.29) is 5.92 Å². The molecule has 3 aromatic heterocycles. The van der Waals surface area contributed by atoms with Gasteiger partial charge in [0.1, 0.15) is 17.7 Å². The summed E-state index contributed by atoms with van der Waals surface area (Å²) in [5.41, 5.74) is 6.02. The first kappa shape index (κ1) is 19.6. The summed E-state index contributed by atoms with van der Waals surface area (Å²) in [5, 5.41) is 9.45. The highest BCUT2D eigenvalue weighted by atomic mass is 16.5. The lowest BCUT2D eigenvalue weighted by molar-refractivity contribution is 0.00449. The molecule has 0 spiro atoms. The molecular formula is C25H23N7O2. The molecule has 0 radical (unpaired) electrons. The highest BCUT2D eigenvalue weighted by Crippen LogP contribution is 2.38. The van der Waals surface area contributed by atoms with Gasteiger partial charge < -0.3 is 19.4 Å². The summed E-state index contributed by atoms with van der Waals surface area (Å²) in [6.45, 7) is 4.46. The second kappa shape index (κ2) is 7.89. The Kier molecular flexibility index (Phi) is 4.56. The Balaban J connectivity index is 1.55. The summed E-state index contributed by atoms with van der Waals surface area (Å²) in [4.78, 5) is 15.3. The topological polar surface area (TPSA) is 94.0 Å². The number of hydrogen-bond acceptors (Lipinski definition) is 7. The van der Waals surface area contributed by atoms with Crippen LogP contribution in [0.25, 0.3) is 39.0 Å². The first-order valence-corrected chi connectivity index (χ1v) is 11.5. The van der Waals surface area contributed by atoms with Gasteiger partial charge in [0.05, 0.1) is 49.1 Å². The minimum absolute atomic E-state index is 0.230. The van der Waals surface area contributed by atoms with Crippen molar-refractivity contribution in [2.24, 2.45) is 0 Å². The van der Waals surface area contributed by atoms with Gasteiger partial charge in [-0.05, 0) is 24.3 Å². The molecule has 0 aliphatic carbocycles. The molecule has 2 aliphatic rings. The Hall–Kier alpha value is -3.82. The summed E-state index contributed by atoms with van der Waals surface area (Å²) in [7, 11) is 0. The number of aromatic nitrogens is 6. The van der Waals surface area contributed by atoms with Crippen LogP contribution in [0.1, 0.15) is 11.7 Å². The van der Waals surface area contributed by atoms with Crippen molar-refractivity contribution in [2.75, 3.05) is 44.4 Å². The summed E-state index contributed by atoms with van der Waals surface area (Å²) in [6.07, 6.45) is 3.48. The Morgan fingerprint density at radius 1 is 1.00 bits per heavy atom. The number of para-hydroxylation sites is 1. The molecule has 9 heteroatoms. The minimum Gasteiger partial charge on any atom is -0.380 e. The molecule has 0 amide bonds. The quantitative estimate of drug-likeness (QED) is 0.446. The first-order chi connectivity index (χ1) is 16.9. The van der Waals surface area contributed by atoms with Crippen LogP contribution in [0.2, 0.25) is 0 Å². The summed E-state index contributed by atoms with van der Waals surface area (Å²) >= 11 is 0. The second-order valence-corrected chi connectivity index (χ2v) is 8.69. The minimum atomic E-state index is 0.230. The van der Waals surface area contributed by atoms with E-state index in [1.165, 1.54) is 0 Å². The number of benzene rings is 2. The number of ether oxygens (including phenoxy) is 2. The molecule has 5 heterocycles. The Morgan fingerprint density at radius 3 is 2.68 bits per heavy atom. The molecule has 170 valence electrons. The Labute approximate surface area is 195 Å². The van der Waals surface area contributed by atoms with Crippen LogP contribution in [0.15, 0.2) is 55.0 Å². The molecular weight excluding hydrogens is 430 g/mol. The number of rotatable bonds is 4. The maximum atomic E-state index is 5.60. The highest BCUT2D eigenvalue weighted by molar-refractivity contribution is 5.97. The van der Waals surface area contributed by atoms with E-state index < -0.39 is 0 Å². The van der Waals surface area contributed by atoms with Gasteiger partial charge in [0.25, 0.3) is 0 Å². The van der Waals surface area contributed by atoms with Gasteiger partial charge in [-0.2, -0.15) is 0 Å². The van der Waals surface area contributed by atoms with Crippen LogP contribution in [-0.2, 0) is 9.47 Å². The van der Waals surface area contributed by atoms with E-state index in [0.717, 1.165) is 57.8 Å². The molecule has 9 nitrogen and oxygen atoms in total. The number of imidazole rings is 1. The number of nitrogens with one attached hydrogen (secondary N) is 1. The Morgan fingerprint density at radius 2 is 1.88 bits per heavy atom. The maximum Gasteiger partial charge on any atom is 0.163 e. The third kappa shape index (κ3) is 3.08. The van der Waals surface area contributed by atoms with Crippen LogP contribution in [0.5, 0.6) is 0 Å². The van der Waals surface area contributed by atoms with Crippen LogP contribution in [0, 0.1) is 0 Å². The second-order valence-electron chi connectivity index (χ2n) is 8.69. The third-order valence-corrected chi connectivity index (χ3v) is 6.69. The first-order valence-electron chi connectivity index (χ1n) is 11.5. The van der Waals surface area contributed by atoms with E-state index in [4.69, 9.17) is 14.5 Å². The molecule has 2 aliphatic heterocycles. The van der Waals surface area contributed by atoms with Gasteiger partial charge in [-0.15, -0.1) is 10.2 Å². The number of nitrogens with zero attached hydrogens (tertiary/aromatic N) is 6. The van der Waals surface area contributed by atoms with Crippen molar-refractivity contribution in [3.8, 4) is 17.1 Å². The van der Waals surface area contributed by atoms with Crippen molar-refractivity contribution in [3.63, 3.8) is 0 Å². The fourth-order valence-electron chi connectivity index (χ4n) is 4.89. The predicted molar refractivity (Wildman–Crippen MR) is 128 cm³/mol. The normalized spacial score (nSPS) is 16.9. The average Bonchev–Trinajstić information content (AvgIpc) is 3.51. The fourth-order valence-corrected chi connectivity index (χ4v) is 4.89. The standard InChI is InChI=1S/C25H23N7O2/c1-2-4-20-18(3-1)21(5-6-26-20)32-22-12-17(31-7-9-33-10-8-31)11-19(24-27-15-28-30-24)23(22)29-25(32)16-13-34-14-16/h1-6,11-12,15-16H,7-10,13-14H2,(H,27,28,30). The number of aromatic amines is 1. The van der Waals surface area contributed by atoms with E-state index in [1.54, 1.807) is 6.33 Å². The van der Waals surface area contributed by atoms with Crippen molar-refractivity contribution in [2.45, 2.75) is 5.92 Å². The molecule has 2 saturated heterocycles. The molecule has 0 bridgehead atoms. The largest absolute Gasteiger partial charge is 0.380 e. The molecule has 34 heavy (non-hydrogen) atoms. The van der Waals surface area contributed by atoms with Crippen molar-refractivity contribution >= 4 is 27.6 Å². The van der Waals surface area contributed by atoms with Crippen LogP contribution in [0.4, 0.5) is 5.69 Å². The van der Waals surface area contributed by atoms with Crippen LogP contribution in [-0.4, -0.2) is 69.2 Å². The monoisotopic (exact) mass is 453 g/mol. The molecule has 1 N–H and O–H groups in total. The number of morpholine rings is 1. The lowest BCUT2D eigenvalue weighted by atomic mass is 10.1. The molecule has 2 fully saturated rings. The van der Waals surface area contributed by atoms with Crippen LogP contribution in [0.3, 0.4) is 0 Å². The van der Waals surface area contributed by atoms with Gasteiger partial charge in [-0.25, -0.2) is 4.98 Å². The molecule has 0 saturated carbocycles. The van der Waals surface area contributed by atoms with Crippen LogP contribution >= 0.6 is 0 Å². The predicted octanol–water partition coefficient (Wildman–Crippen LogP) is 3.31. The van der Waals surface area contributed by atoms with Gasteiger partial charge in [-0.1, -0.05) is 18.2 Å². The lowest BCUT2D eigenvalue weighted by Gasteiger charge is -2.29. The number of hydrogen-bond donors (Lipinski definition) is 1. The van der Waals surface area contributed by atoms with E-state index in [0.29, 0.717) is 32.3 Å². The Bertz CT molecular complexity index is 1480. The lowest BCUT2D eigenvalue weighted by Crippen LogP contribution is -2.36. The zero-order valence-electron chi connectivity index (χ0n) is 18.5. The fraction of sp³-hybridized carbons (Fsp3) is 0.280. The van der Waals surface area contributed by atoms with Gasteiger partial charge in [0, 0.05) is 35.9 Å². The van der Waals surface area contributed by atoms with Gasteiger partial charge >= 0.3 is 0 Å². The van der Waals surface area contributed by atoms with Crippen molar-refractivity contribution < 1.29 is 9.47 Å². The zero-order chi connectivity index (χ0) is 22.5. The molecule has 2 aromatic carbocycles. The van der Waals surface area contributed by atoms with E-state index in [9.17, 15) is 0 Å². The van der Waals surface area contributed by atoms with E-state index in [1.807, 2.05) is 18.3 Å². The zero-order valence-corrected chi connectivity index (χ0v) is 18.5. The van der Waals surface area contributed by atoms with Crippen LogP contribution < -0.4 is 4.90 Å². The summed E-state index contributed by atoms with van der Waals surface area (Å²) < 4.78 is 13.5.